The van der Waals surface area contributed by atoms with Crippen molar-refractivity contribution in [1.82, 2.24) is 5.32 Å². The van der Waals surface area contributed by atoms with Gasteiger partial charge in [0.15, 0.2) is 0 Å². The number of rotatable bonds is 5. The zero-order chi connectivity index (χ0) is 17.2. The first-order chi connectivity index (χ1) is 12.2. The van der Waals surface area contributed by atoms with Crippen LogP contribution in [0.3, 0.4) is 0 Å². The minimum atomic E-state index is -0.248. The van der Waals surface area contributed by atoms with Gasteiger partial charge in [-0.1, -0.05) is 30.3 Å². The van der Waals surface area contributed by atoms with Crippen LogP contribution in [0.1, 0.15) is 17.7 Å². The van der Waals surface area contributed by atoms with Gasteiger partial charge in [-0.25, -0.2) is 0 Å². The molecular weight excluding hydrogens is 316 g/mol. The van der Waals surface area contributed by atoms with Gasteiger partial charge in [0.25, 0.3) is 0 Å². The van der Waals surface area contributed by atoms with E-state index in [9.17, 15) is 9.59 Å². The van der Waals surface area contributed by atoms with Crippen molar-refractivity contribution in [3.8, 4) is 0 Å². The van der Waals surface area contributed by atoms with E-state index in [-0.39, 0.29) is 24.2 Å². The molecule has 5 nitrogen and oxygen atoms in total. The highest BCUT2D eigenvalue weighted by molar-refractivity contribution is 6.03. The molecule has 126 valence electrons. The summed E-state index contributed by atoms with van der Waals surface area (Å²) in [6, 6.07) is 17.9. The van der Waals surface area contributed by atoms with Crippen molar-refractivity contribution in [3.05, 3.63) is 65.9 Å². The Morgan fingerprint density at radius 3 is 2.60 bits per heavy atom. The number of amides is 2. The molecule has 1 aliphatic heterocycles. The first kappa shape index (κ1) is 15.4. The lowest BCUT2D eigenvalue weighted by molar-refractivity contribution is -0.125. The average molecular weight is 334 g/mol. The number of carbonyl (C=O) groups is 2. The highest BCUT2D eigenvalue weighted by Crippen LogP contribution is 2.21. The summed E-state index contributed by atoms with van der Waals surface area (Å²) in [5.74, 6) is 0.282. The van der Waals surface area contributed by atoms with E-state index < -0.39 is 0 Å². The molecule has 3 aromatic rings. The van der Waals surface area contributed by atoms with E-state index in [1.54, 1.807) is 0 Å². The largest absolute Gasteiger partial charge is 0.459 e. The summed E-state index contributed by atoms with van der Waals surface area (Å²) in [7, 11) is 0. The fourth-order valence-corrected chi connectivity index (χ4v) is 3.13. The summed E-state index contributed by atoms with van der Waals surface area (Å²) in [4.78, 5) is 22.9. The zero-order valence-electron chi connectivity index (χ0n) is 13.6. The lowest BCUT2D eigenvalue weighted by Gasteiger charge is -2.08. The molecule has 2 aromatic carbocycles. The van der Waals surface area contributed by atoms with Crippen LogP contribution in [0.15, 0.2) is 59.0 Å². The van der Waals surface area contributed by atoms with Crippen molar-refractivity contribution in [2.24, 2.45) is 5.92 Å². The van der Waals surface area contributed by atoms with Crippen molar-refractivity contribution in [2.75, 3.05) is 5.32 Å². The lowest BCUT2D eigenvalue weighted by Crippen LogP contribution is -2.22. The molecule has 2 amide bonds. The molecule has 1 atom stereocenters. The van der Waals surface area contributed by atoms with Crippen LogP contribution >= 0.6 is 0 Å². The Morgan fingerprint density at radius 1 is 1.08 bits per heavy atom. The minimum Gasteiger partial charge on any atom is -0.459 e. The van der Waals surface area contributed by atoms with Gasteiger partial charge in [-0.2, -0.15) is 0 Å². The van der Waals surface area contributed by atoms with Gasteiger partial charge in [-0.15, -0.1) is 0 Å². The summed E-state index contributed by atoms with van der Waals surface area (Å²) in [6.45, 7) is 0.605. The Kier molecular flexibility index (Phi) is 3.98. The summed E-state index contributed by atoms with van der Waals surface area (Å²) in [6.07, 6.45) is 0.867. The Morgan fingerprint density at radius 2 is 1.88 bits per heavy atom. The van der Waals surface area contributed by atoms with Crippen molar-refractivity contribution in [3.63, 3.8) is 0 Å². The van der Waals surface area contributed by atoms with Gasteiger partial charge in [0.05, 0.1) is 12.5 Å². The summed E-state index contributed by atoms with van der Waals surface area (Å²) >= 11 is 0. The zero-order valence-corrected chi connectivity index (χ0v) is 13.6. The van der Waals surface area contributed by atoms with Gasteiger partial charge in [-0.3, -0.25) is 14.9 Å². The smallest absolute Gasteiger partial charge is 0.230 e. The molecular formula is C20H18N2O3. The van der Waals surface area contributed by atoms with Gasteiger partial charge >= 0.3 is 0 Å². The van der Waals surface area contributed by atoms with E-state index in [0.29, 0.717) is 13.0 Å². The minimum absolute atomic E-state index is 0.169. The van der Waals surface area contributed by atoms with Gasteiger partial charge in [0, 0.05) is 17.5 Å². The van der Waals surface area contributed by atoms with Gasteiger partial charge in [-0.05, 0) is 36.2 Å². The first-order valence-electron chi connectivity index (χ1n) is 8.31. The lowest BCUT2D eigenvalue weighted by atomic mass is 9.98. The second kappa shape index (κ2) is 6.43. The molecule has 0 radical (unpaired) electrons. The number of nitrogens with one attached hydrogen (secondary N) is 2. The fraction of sp³-hybridized carbons (Fsp3) is 0.200. The Hall–Kier alpha value is -3.08. The third-order valence-corrected chi connectivity index (χ3v) is 4.44. The van der Waals surface area contributed by atoms with Crippen LogP contribution in [-0.4, -0.2) is 11.8 Å². The molecule has 0 unspecified atom stereocenters. The third kappa shape index (κ3) is 3.40. The number of hydrogen-bond acceptors (Lipinski definition) is 4. The average Bonchev–Trinajstić information content (AvgIpc) is 3.16. The van der Waals surface area contributed by atoms with Crippen molar-refractivity contribution in [1.29, 1.82) is 0 Å². The van der Waals surface area contributed by atoms with Gasteiger partial charge < -0.3 is 9.73 Å². The fourth-order valence-electron chi connectivity index (χ4n) is 3.13. The van der Waals surface area contributed by atoms with Crippen LogP contribution < -0.4 is 10.6 Å². The summed E-state index contributed by atoms with van der Waals surface area (Å²) in [5.41, 5.74) is 2.92. The summed E-state index contributed by atoms with van der Waals surface area (Å²) < 4.78 is 5.79. The molecule has 2 N–H and O–H groups in total. The van der Waals surface area contributed by atoms with Crippen LogP contribution in [0.5, 0.6) is 0 Å². The topological polar surface area (TPSA) is 71.3 Å². The third-order valence-electron chi connectivity index (χ3n) is 4.44. The number of imide groups is 1. The SMILES string of the molecule is O=C1C[C@H](Cc2ccc(NCc3cc4ccccc4o3)cc2)C(=O)N1. The number of anilines is 1. The molecule has 0 bridgehead atoms. The first-order valence-corrected chi connectivity index (χ1v) is 8.31. The van der Waals surface area contributed by atoms with E-state index in [0.717, 1.165) is 28.0 Å². The second-order valence-corrected chi connectivity index (χ2v) is 6.32. The van der Waals surface area contributed by atoms with Crippen molar-refractivity contribution in [2.45, 2.75) is 19.4 Å². The van der Waals surface area contributed by atoms with Gasteiger partial charge in [0.1, 0.15) is 11.3 Å². The number of carbonyl (C=O) groups excluding carboxylic acids is 2. The number of para-hydroxylation sites is 1. The van der Waals surface area contributed by atoms with E-state index in [4.69, 9.17) is 4.42 Å². The Balaban J connectivity index is 1.37. The maximum atomic E-state index is 11.6. The summed E-state index contributed by atoms with van der Waals surface area (Å²) in [5, 5.41) is 6.78. The van der Waals surface area contributed by atoms with Crippen LogP contribution in [0, 0.1) is 5.92 Å². The molecule has 0 spiro atoms. The molecule has 0 saturated carbocycles. The Bertz CT molecular complexity index is 895. The van der Waals surface area contributed by atoms with Crippen molar-refractivity contribution >= 4 is 28.5 Å². The molecule has 1 aromatic heterocycles. The van der Waals surface area contributed by atoms with Crippen LogP contribution in [0.2, 0.25) is 0 Å². The molecule has 2 heterocycles. The molecule has 25 heavy (non-hydrogen) atoms. The Labute approximate surface area is 145 Å². The molecule has 5 heteroatoms. The number of hydrogen-bond donors (Lipinski definition) is 2. The second-order valence-electron chi connectivity index (χ2n) is 6.32. The number of benzene rings is 2. The maximum absolute atomic E-state index is 11.6. The number of furan rings is 1. The standard InChI is InChI=1S/C20H18N2O3/c23-19-11-15(20(24)22-19)9-13-5-7-16(8-6-13)21-12-17-10-14-3-1-2-4-18(14)25-17/h1-8,10,15,21H,9,11-12H2,(H,22,23,24)/t15-/m0/s1. The van der Waals surface area contributed by atoms with Gasteiger partial charge in [0.2, 0.25) is 11.8 Å². The van der Waals surface area contributed by atoms with E-state index >= 15 is 0 Å². The normalized spacial score (nSPS) is 17.0. The number of fused-ring (bicyclic) bond motifs is 1. The van der Waals surface area contributed by atoms with Crippen LogP contribution in [-0.2, 0) is 22.6 Å². The van der Waals surface area contributed by atoms with Crippen LogP contribution in [0.25, 0.3) is 11.0 Å². The van der Waals surface area contributed by atoms with Crippen LogP contribution in [0.4, 0.5) is 5.69 Å². The highest BCUT2D eigenvalue weighted by atomic mass is 16.3. The molecule has 4 rings (SSSR count). The molecule has 1 aliphatic rings. The van der Waals surface area contributed by atoms with E-state index in [2.05, 4.69) is 10.6 Å². The van der Waals surface area contributed by atoms with Crippen molar-refractivity contribution < 1.29 is 14.0 Å². The predicted octanol–water partition coefficient (Wildman–Crippen LogP) is 3.25. The molecule has 1 saturated heterocycles. The molecule has 1 fully saturated rings. The maximum Gasteiger partial charge on any atom is 0.230 e. The van der Waals surface area contributed by atoms with E-state index in [1.807, 2.05) is 54.6 Å². The van der Waals surface area contributed by atoms with E-state index in [1.165, 1.54) is 0 Å². The highest BCUT2D eigenvalue weighted by Gasteiger charge is 2.30. The predicted molar refractivity (Wildman–Crippen MR) is 94.9 cm³/mol. The quantitative estimate of drug-likeness (QED) is 0.703. The monoisotopic (exact) mass is 334 g/mol. The molecule has 0 aliphatic carbocycles.